The Morgan fingerprint density at radius 2 is 2.04 bits per heavy atom. The van der Waals surface area contributed by atoms with Crippen molar-refractivity contribution >= 4 is 44.7 Å². The van der Waals surface area contributed by atoms with E-state index in [1.807, 2.05) is 12.1 Å². The van der Waals surface area contributed by atoms with Gasteiger partial charge in [0, 0.05) is 29.8 Å². The van der Waals surface area contributed by atoms with Crippen LogP contribution >= 0.6 is 27.5 Å². The van der Waals surface area contributed by atoms with E-state index in [1.165, 1.54) is 15.7 Å². The van der Waals surface area contributed by atoms with Crippen molar-refractivity contribution in [2.45, 2.75) is 6.42 Å². The van der Waals surface area contributed by atoms with Gasteiger partial charge >= 0.3 is 0 Å². The number of fused-ring (bicyclic) bond motifs is 1. The van der Waals surface area contributed by atoms with E-state index in [4.69, 9.17) is 11.6 Å². The zero-order valence-electron chi connectivity index (χ0n) is 13.2. The SMILES string of the molecule is O=C(c1cc2ncc(Cl)cn2n1)N1CC=C(c2ccc(Br)cc2)CC1. The minimum absolute atomic E-state index is 0.0901. The van der Waals surface area contributed by atoms with Gasteiger partial charge in [0.2, 0.25) is 0 Å². The van der Waals surface area contributed by atoms with Crippen molar-refractivity contribution < 1.29 is 4.79 Å². The van der Waals surface area contributed by atoms with Crippen molar-refractivity contribution in [2.75, 3.05) is 13.1 Å². The summed E-state index contributed by atoms with van der Waals surface area (Å²) in [5.74, 6) is -0.0901. The molecule has 0 saturated heterocycles. The number of hydrogen-bond donors (Lipinski definition) is 0. The summed E-state index contributed by atoms with van der Waals surface area (Å²) in [5, 5.41) is 4.77. The van der Waals surface area contributed by atoms with E-state index < -0.39 is 0 Å². The molecule has 4 rings (SSSR count). The maximum absolute atomic E-state index is 12.7. The van der Waals surface area contributed by atoms with E-state index in [0.717, 1.165) is 10.9 Å². The Morgan fingerprint density at radius 3 is 2.76 bits per heavy atom. The van der Waals surface area contributed by atoms with Gasteiger partial charge in [0.1, 0.15) is 0 Å². The standard InChI is InChI=1S/C18H14BrClN4O/c19-14-3-1-12(2-4-14)13-5-7-23(8-6-13)18(25)16-9-17-21-10-15(20)11-24(17)22-16/h1-5,9-11H,6-8H2. The monoisotopic (exact) mass is 416 g/mol. The molecule has 5 nitrogen and oxygen atoms in total. The van der Waals surface area contributed by atoms with Crippen molar-refractivity contribution in [1.82, 2.24) is 19.5 Å². The molecule has 0 radical (unpaired) electrons. The normalized spacial score (nSPS) is 14.6. The van der Waals surface area contributed by atoms with E-state index in [9.17, 15) is 4.79 Å². The number of hydrogen-bond acceptors (Lipinski definition) is 3. The second kappa shape index (κ2) is 6.61. The fourth-order valence-corrected chi connectivity index (χ4v) is 3.31. The van der Waals surface area contributed by atoms with Gasteiger partial charge in [-0.25, -0.2) is 9.50 Å². The lowest BCUT2D eigenvalue weighted by atomic mass is 9.99. The number of rotatable bonds is 2. The third-order valence-corrected chi connectivity index (χ3v) is 4.94. The predicted molar refractivity (Wildman–Crippen MR) is 101 cm³/mol. The first-order chi connectivity index (χ1) is 12.1. The second-order valence-electron chi connectivity index (χ2n) is 5.84. The Kier molecular flexibility index (Phi) is 4.31. The molecule has 0 atom stereocenters. The van der Waals surface area contributed by atoms with Gasteiger partial charge in [-0.2, -0.15) is 5.10 Å². The van der Waals surface area contributed by atoms with Crippen LogP contribution in [0.5, 0.6) is 0 Å². The Balaban J connectivity index is 1.52. The van der Waals surface area contributed by atoms with Crippen molar-refractivity contribution in [3.8, 4) is 0 Å². The largest absolute Gasteiger partial charge is 0.333 e. The molecule has 7 heteroatoms. The summed E-state index contributed by atoms with van der Waals surface area (Å²) in [6.07, 6.45) is 6.11. The highest BCUT2D eigenvalue weighted by Gasteiger charge is 2.22. The van der Waals surface area contributed by atoms with Gasteiger partial charge in [0.05, 0.1) is 11.2 Å². The minimum atomic E-state index is -0.0901. The highest BCUT2D eigenvalue weighted by atomic mass is 79.9. The van der Waals surface area contributed by atoms with Gasteiger partial charge in [0.15, 0.2) is 11.3 Å². The highest BCUT2D eigenvalue weighted by Crippen LogP contribution is 2.24. The summed E-state index contributed by atoms with van der Waals surface area (Å²) in [7, 11) is 0. The summed E-state index contributed by atoms with van der Waals surface area (Å²) in [5.41, 5.74) is 3.45. The Labute approximate surface area is 158 Å². The van der Waals surface area contributed by atoms with Gasteiger partial charge in [-0.05, 0) is 29.7 Å². The van der Waals surface area contributed by atoms with Gasteiger partial charge < -0.3 is 4.90 Å². The van der Waals surface area contributed by atoms with Crippen LogP contribution in [0.3, 0.4) is 0 Å². The molecule has 0 saturated carbocycles. The average Bonchev–Trinajstić information content (AvgIpc) is 3.05. The molecule has 1 aromatic carbocycles. The average molecular weight is 418 g/mol. The van der Waals surface area contributed by atoms with E-state index in [-0.39, 0.29) is 5.91 Å². The zero-order chi connectivity index (χ0) is 17.4. The first kappa shape index (κ1) is 16.3. The summed E-state index contributed by atoms with van der Waals surface area (Å²) < 4.78 is 2.59. The molecule has 2 aromatic heterocycles. The Morgan fingerprint density at radius 1 is 1.24 bits per heavy atom. The lowest BCUT2D eigenvalue weighted by Crippen LogP contribution is -2.34. The molecule has 1 aliphatic rings. The quantitative estimate of drug-likeness (QED) is 0.631. The number of carbonyl (C=O) groups excluding carboxylic acids is 1. The number of nitrogens with zero attached hydrogens (tertiary/aromatic N) is 4. The van der Waals surface area contributed by atoms with Gasteiger partial charge in [-0.15, -0.1) is 0 Å². The van der Waals surface area contributed by atoms with Crippen LogP contribution in [-0.4, -0.2) is 38.5 Å². The lowest BCUT2D eigenvalue weighted by Gasteiger charge is -2.26. The molecule has 3 aromatic rings. The van der Waals surface area contributed by atoms with Crippen molar-refractivity contribution in [3.05, 3.63) is 69.6 Å². The van der Waals surface area contributed by atoms with Gasteiger partial charge in [-0.1, -0.05) is 45.7 Å². The van der Waals surface area contributed by atoms with Crippen LogP contribution in [0.2, 0.25) is 5.02 Å². The smallest absolute Gasteiger partial charge is 0.274 e. The van der Waals surface area contributed by atoms with Crippen LogP contribution in [0.4, 0.5) is 0 Å². The van der Waals surface area contributed by atoms with Crippen molar-refractivity contribution in [2.24, 2.45) is 0 Å². The lowest BCUT2D eigenvalue weighted by molar-refractivity contribution is 0.0766. The van der Waals surface area contributed by atoms with Crippen LogP contribution in [0.25, 0.3) is 11.2 Å². The number of benzene rings is 1. The molecule has 0 fully saturated rings. The summed E-state index contributed by atoms with van der Waals surface area (Å²) in [6, 6.07) is 9.92. The van der Waals surface area contributed by atoms with E-state index in [1.54, 1.807) is 23.4 Å². The molecule has 0 N–H and O–H groups in total. The van der Waals surface area contributed by atoms with E-state index >= 15 is 0 Å². The minimum Gasteiger partial charge on any atom is -0.333 e. The third kappa shape index (κ3) is 3.32. The Hall–Kier alpha value is -2.18. The van der Waals surface area contributed by atoms with Crippen molar-refractivity contribution in [3.63, 3.8) is 0 Å². The molecule has 1 amide bonds. The van der Waals surface area contributed by atoms with E-state index in [0.29, 0.717) is 29.5 Å². The molecule has 0 unspecified atom stereocenters. The van der Waals surface area contributed by atoms with Crippen LogP contribution in [0, 0.1) is 0 Å². The van der Waals surface area contributed by atoms with Gasteiger partial charge in [0.25, 0.3) is 5.91 Å². The molecular weight excluding hydrogens is 404 g/mol. The molecule has 1 aliphatic heterocycles. The fraction of sp³-hybridized carbons (Fsp3) is 0.167. The van der Waals surface area contributed by atoms with Gasteiger partial charge in [-0.3, -0.25) is 4.79 Å². The topological polar surface area (TPSA) is 50.5 Å². The fourth-order valence-electron chi connectivity index (χ4n) is 2.90. The molecule has 0 bridgehead atoms. The van der Waals surface area contributed by atoms with Crippen molar-refractivity contribution in [1.29, 1.82) is 0 Å². The number of aromatic nitrogens is 3. The zero-order valence-corrected chi connectivity index (χ0v) is 15.5. The maximum atomic E-state index is 12.7. The first-order valence-electron chi connectivity index (χ1n) is 7.85. The van der Waals surface area contributed by atoms with Crippen LogP contribution in [0.1, 0.15) is 22.5 Å². The Bertz CT molecular complexity index is 980. The molecular formula is C18H14BrClN4O. The summed E-state index contributed by atoms with van der Waals surface area (Å²) in [6.45, 7) is 1.25. The van der Waals surface area contributed by atoms with Crippen LogP contribution < -0.4 is 0 Å². The molecule has 126 valence electrons. The molecule has 0 aliphatic carbocycles. The number of carbonyl (C=O) groups is 1. The second-order valence-corrected chi connectivity index (χ2v) is 7.19. The number of halogens is 2. The summed E-state index contributed by atoms with van der Waals surface area (Å²) >= 11 is 9.36. The number of amides is 1. The first-order valence-corrected chi connectivity index (χ1v) is 9.02. The molecule has 0 spiro atoms. The van der Waals surface area contributed by atoms with Crippen LogP contribution in [-0.2, 0) is 0 Å². The van der Waals surface area contributed by atoms with E-state index in [2.05, 4.69) is 44.2 Å². The van der Waals surface area contributed by atoms with Crippen LogP contribution in [0.15, 0.2) is 53.3 Å². The third-order valence-electron chi connectivity index (χ3n) is 4.21. The summed E-state index contributed by atoms with van der Waals surface area (Å²) in [4.78, 5) is 18.7. The molecule has 3 heterocycles. The molecule has 25 heavy (non-hydrogen) atoms. The maximum Gasteiger partial charge on any atom is 0.274 e. The predicted octanol–water partition coefficient (Wildman–Crippen LogP) is 4.07. The highest BCUT2D eigenvalue weighted by molar-refractivity contribution is 9.10.